The number of hydrogen-bond donors (Lipinski definition) is 2. The standard InChI is InChI=1S/C22H30N6O2/c1-5-30-14-18-26-19-20(15(2)16(3)25-21(19)23)28(18)13-9-12-24-22(29)27(4)17-10-7-6-8-11-17/h6-8,10-11H,5,9,12-14H2,1-4H3,(H2,23,25)(H,24,29). The normalized spacial score (nSPS) is 11.1. The van der Waals surface area contributed by atoms with Gasteiger partial charge in [-0.1, -0.05) is 18.2 Å². The Bertz CT molecular complexity index is 1020. The maximum absolute atomic E-state index is 12.4. The third kappa shape index (κ3) is 4.54. The summed E-state index contributed by atoms with van der Waals surface area (Å²) in [7, 11) is 1.76. The Morgan fingerprint density at radius 3 is 2.67 bits per heavy atom. The Morgan fingerprint density at radius 2 is 1.97 bits per heavy atom. The molecule has 3 rings (SSSR count). The van der Waals surface area contributed by atoms with Gasteiger partial charge in [-0.3, -0.25) is 4.90 Å². The van der Waals surface area contributed by atoms with Gasteiger partial charge >= 0.3 is 6.03 Å². The van der Waals surface area contributed by atoms with Crippen LogP contribution in [0.2, 0.25) is 0 Å². The van der Waals surface area contributed by atoms with Gasteiger partial charge in [0, 0.05) is 38.1 Å². The molecule has 1 aromatic carbocycles. The minimum absolute atomic E-state index is 0.133. The van der Waals surface area contributed by atoms with Crippen LogP contribution in [0, 0.1) is 13.8 Å². The molecular weight excluding hydrogens is 380 g/mol. The molecule has 2 aromatic heterocycles. The second-order valence-electron chi connectivity index (χ2n) is 7.20. The molecule has 0 atom stereocenters. The maximum atomic E-state index is 12.4. The van der Waals surface area contributed by atoms with E-state index in [0.717, 1.165) is 34.7 Å². The Morgan fingerprint density at radius 1 is 1.23 bits per heavy atom. The van der Waals surface area contributed by atoms with E-state index in [0.29, 0.717) is 37.6 Å². The number of nitrogens with zero attached hydrogens (tertiary/aromatic N) is 4. The van der Waals surface area contributed by atoms with Crippen molar-refractivity contribution in [2.45, 2.75) is 40.3 Å². The molecule has 0 spiro atoms. The molecule has 0 saturated heterocycles. The molecule has 2 amide bonds. The number of fused-ring (bicyclic) bond motifs is 1. The molecule has 0 saturated carbocycles. The van der Waals surface area contributed by atoms with E-state index in [9.17, 15) is 4.79 Å². The average molecular weight is 411 g/mol. The van der Waals surface area contributed by atoms with Gasteiger partial charge in [-0.25, -0.2) is 14.8 Å². The van der Waals surface area contributed by atoms with Crippen LogP contribution >= 0.6 is 0 Å². The molecule has 8 nitrogen and oxygen atoms in total. The van der Waals surface area contributed by atoms with Crippen molar-refractivity contribution in [1.82, 2.24) is 19.9 Å². The van der Waals surface area contributed by atoms with Crippen molar-refractivity contribution in [3.05, 3.63) is 47.4 Å². The molecule has 0 fully saturated rings. The number of anilines is 2. The van der Waals surface area contributed by atoms with Crippen molar-refractivity contribution >= 4 is 28.6 Å². The molecule has 3 N–H and O–H groups in total. The van der Waals surface area contributed by atoms with E-state index in [4.69, 9.17) is 10.5 Å². The molecule has 30 heavy (non-hydrogen) atoms. The van der Waals surface area contributed by atoms with Crippen LogP contribution in [0.15, 0.2) is 30.3 Å². The Hall–Kier alpha value is -3.13. The van der Waals surface area contributed by atoms with Crippen molar-refractivity contribution in [3.63, 3.8) is 0 Å². The van der Waals surface area contributed by atoms with Gasteiger partial charge in [0.2, 0.25) is 0 Å². The van der Waals surface area contributed by atoms with Crippen LogP contribution in [-0.2, 0) is 17.9 Å². The third-order valence-electron chi connectivity index (χ3n) is 5.19. The van der Waals surface area contributed by atoms with Crippen LogP contribution in [-0.4, -0.2) is 40.8 Å². The fourth-order valence-corrected chi connectivity index (χ4v) is 3.41. The number of pyridine rings is 1. The molecule has 2 heterocycles. The molecule has 0 aliphatic carbocycles. The van der Waals surface area contributed by atoms with Crippen molar-refractivity contribution in [2.75, 3.05) is 30.8 Å². The van der Waals surface area contributed by atoms with Gasteiger partial charge in [-0.05, 0) is 44.9 Å². The number of ether oxygens (including phenoxy) is 1. The lowest BCUT2D eigenvalue weighted by molar-refractivity contribution is 0.126. The first-order valence-corrected chi connectivity index (χ1v) is 10.2. The van der Waals surface area contributed by atoms with Gasteiger partial charge in [-0.2, -0.15) is 0 Å². The molecule has 0 unspecified atom stereocenters. The van der Waals surface area contributed by atoms with Gasteiger partial charge in [-0.15, -0.1) is 0 Å². The number of carbonyl (C=O) groups is 1. The number of benzene rings is 1. The second kappa shape index (κ2) is 9.58. The largest absolute Gasteiger partial charge is 0.382 e. The zero-order valence-corrected chi connectivity index (χ0v) is 18.1. The number of aryl methyl sites for hydroxylation is 3. The zero-order chi connectivity index (χ0) is 21.7. The second-order valence-corrected chi connectivity index (χ2v) is 7.20. The highest BCUT2D eigenvalue weighted by Gasteiger charge is 2.18. The number of nitrogen functional groups attached to an aromatic ring is 1. The third-order valence-corrected chi connectivity index (χ3v) is 5.19. The first kappa shape index (κ1) is 21.6. The SMILES string of the molecule is CCOCc1nc2c(N)nc(C)c(C)c2n1CCCNC(=O)N(C)c1ccccc1. The van der Waals surface area contributed by atoms with Crippen LogP contribution in [0.3, 0.4) is 0 Å². The molecular formula is C22H30N6O2. The van der Waals surface area contributed by atoms with Crippen LogP contribution in [0.4, 0.5) is 16.3 Å². The maximum Gasteiger partial charge on any atom is 0.321 e. The summed E-state index contributed by atoms with van der Waals surface area (Å²) in [5.41, 5.74) is 10.6. The molecule has 0 aliphatic heterocycles. The highest BCUT2D eigenvalue weighted by atomic mass is 16.5. The minimum Gasteiger partial charge on any atom is -0.382 e. The highest BCUT2D eigenvalue weighted by molar-refractivity contribution is 5.91. The predicted octanol–water partition coefficient (Wildman–Crippen LogP) is 3.40. The summed E-state index contributed by atoms with van der Waals surface area (Å²) in [6.45, 7) is 8.19. The number of amides is 2. The number of nitrogens with two attached hydrogens (primary N) is 1. The van der Waals surface area contributed by atoms with E-state index in [-0.39, 0.29) is 6.03 Å². The number of urea groups is 1. The Labute approximate surface area is 177 Å². The van der Waals surface area contributed by atoms with Crippen LogP contribution in [0.1, 0.15) is 30.4 Å². The number of imidazole rings is 1. The van der Waals surface area contributed by atoms with E-state index in [1.807, 2.05) is 51.1 Å². The molecule has 0 bridgehead atoms. The van der Waals surface area contributed by atoms with Crippen LogP contribution in [0.25, 0.3) is 11.0 Å². The summed E-state index contributed by atoms with van der Waals surface area (Å²) in [5.74, 6) is 1.25. The Kier molecular flexibility index (Phi) is 6.89. The van der Waals surface area contributed by atoms with Crippen LogP contribution < -0.4 is 16.0 Å². The van der Waals surface area contributed by atoms with E-state index in [1.54, 1.807) is 11.9 Å². The number of hydrogen-bond acceptors (Lipinski definition) is 5. The fraction of sp³-hybridized carbons (Fsp3) is 0.409. The highest BCUT2D eigenvalue weighted by Crippen LogP contribution is 2.26. The summed E-state index contributed by atoms with van der Waals surface area (Å²) >= 11 is 0. The van der Waals surface area contributed by atoms with Gasteiger partial charge in [0.1, 0.15) is 17.9 Å². The minimum atomic E-state index is -0.133. The van der Waals surface area contributed by atoms with E-state index in [2.05, 4.69) is 19.9 Å². The lowest BCUT2D eigenvalue weighted by Gasteiger charge is -2.18. The monoisotopic (exact) mass is 410 g/mol. The average Bonchev–Trinajstić information content (AvgIpc) is 3.12. The number of para-hydroxylation sites is 1. The summed E-state index contributed by atoms with van der Waals surface area (Å²) < 4.78 is 7.74. The number of nitrogens with one attached hydrogen (secondary N) is 1. The summed E-state index contributed by atoms with van der Waals surface area (Å²) in [6.07, 6.45) is 0.750. The predicted molar refractivity (Wildman–Crippen MR) is 120 cm³/mol. The van der Waals surface area contributed by atoms with Gasteiger partial charge in [0.15, 0.2) is 5.82 Å². The summed E-state index contributed by atoms with van der Waals surface area (Å²) in [4.78, 5) is 23.1. The summed E-state index contributed by atoms with van der Waals surface area (Å²) in [6, 6.07) is 9.42. The molecule has 3 aromatic rings. The van der Waals surface area contributed by atoms with Crippen molar-refractivity contribution in [2.24, 2.45) is 0 Å². The van der Waals surface area contributed by atoms with E-state index in [1.165, 1.54) is 0 Å². The van der Waals surface area contributed by atoms with Gasteiger partial charge < -0.3 is 20.4 Å². The lowest BCUT2D eigenvalue weighted by Crippen LogP contribution is -2.38. The topological polar surface area (TPSA) is 98.3 Å². The van der Waals surface area contributed by atoms with E-state index < -0.39 is 0 Å². The van der Waals surface area contributed by atoms with Gasteiger partial charge in [0.05, 0.1) is 5.52 Å². The zero-order valence-electron chi connectivity index (χ0n) is 18.1. The first-order chi connectivity index (χ1) is 14.4. The molecule has 0 radical (unpaired) electrons. The number of rotatable bonds is 8. The molecule has 8 heteroatoms. The van der Waals surface area contributed by atoms with Gasteiger partial charge in [0.25, 0.3) is 0 Å². The quantitative estimate of drug-likeness (QED) is 0.555. The fourth-order valence-electron chi connectivity index (χ4n) is 3.41. The van der Waals surface area contributed by atoms with E-state index >= 15 is 0 Å². The molecule has 0 aliphatic rings. The number of aromatic nitrogens is 3. The van der Waals surface area contributed by atoms with Crippen molar-refractivity contribution in [3.8, 4) is 0 Å². The Balaban J connectivity index is 1.71. The first-order valence-electron chi connectivity index (χ1n) is 10.2. The molecule has 160 valence electrons. The smallest absolute Gasteiger partial charge is 0.321 e. The van der Waals surface area contributed by atoms with Crippen LogP contribution in [0.5, 0.6) is 0 Å². The van der Waals surface area contributed by atoms with Crippen molar-refractivity contribution in [1.29, 1.82) is 0 Å². The lowest BCUT2D eigenvalue weighted by atomic mass is 10.2. The van der Waals surface area contributed by atoms with Crippen molar-refractivity contribution < 1.29 is 9.53 Å². The number of carbonyl (C=O) groups excluding carboxylic acids is 1. The summed E-state index contributed by atoms with van der Waals surface area (Å²) in [5, 5.41) is 2.98.